The van der Waals surface area contributed by atoms with E-state index >= 15 is 0 Å². The molecule has 168 valence electrons. The Morgan fingerprint density at radius 1 is 1.00 bits per heavy atom. The summed E-state index contributed by atoms with van der Waals surface area (Å²) >= 11 is 12.0. The first-order valence-electron chi connectivity index (χ1n) is 9.93. The van der Waals surface area contributed by atoms with Crippen LogP contribution < -0.4 is 19.5 Å². The zero-order valence-corrected chi connectivity index (χ0v) is 19.4. The predicted molar refractivity (Wildman–Crippen MR) is 123 cm³/mol. The van der Waals surface area contributed by atoms with Gasteiger partial charge in [0.2, 0.25) is 5.91 Å². The Morgan fingerprint density at radius 2 is 1.74 bits per heavy atom. The van der Waals surface area contributed by atoms with Crippen LogP contribution in [0.1, 0.15) is 42.1 Å². The van der Waals surface area contributed by atoms with Crippen molar-refractivity contribution in [1.82, 2.24) is 0 Å². The van der Waals surface area contributed by atoms with Crippen LogP contribution >= 0.6 is 23.2 Å². The first-order chi connectivity index (χ1) is 14.9. The standard InChI is InChI=1S/C23H27Cl2NO5/c1-15(27)26-19-14-22(17(13-18(19)25)20(28)6-4-5-10-24)31-11-9-16-7-8-21(29-2)23(12-16)30-3/h7-8,12-14H,4-6,9-11H2,1-3H3,(H,26,27). The van der Waals surface area contributed by atoms with Crippen LogP contribution in [0.5, 0.6) is 17.2 Å². The normalized spacial score (nSPS) is 10.5. The number of ketones is 1. The molecule has 0 unspecified atom stereocenters. The molecule has 0 bridgehead atoms. The van der Waals surface area contributed by atoms with E-state index < -0.39 is 0 Å². The second-order valence-corrected chi connectivity index (χ2v) is 7.65. The van der Waals surface area contributed by atoms with E-state index in [0.717, 1.165) is 12.0 Å². The molecule has 0 aliphatic heterocycles. The Balaban J connectivity index is 2.19. The second kappa shape index (κ2) is 12.4. The third kappa shape index (κ3) is 7.33. The van der Waals surface area contributed by atoms with Gasteiger partial charge in [0, 0.05) is 31.7 Å². The van der Waals surface area contributed by atoms with Crippen LogP contribution in [0.4, 0.5) is 5.69 Å². The summed E-state index contributed by atoms with van der Waals surface area (Å²) in [7, 11) is 3.16. The van der Waals surface area contributed by atoms with Gasteiger partial charge in [-0.1, -0.05) is 17.7 Å². The predicted octanol–water partition coefficient (Wildman–Crippen LogP) is 5.53. The summed E-state index contributed by atoms with van der Waals surface area (Å²) in [4.78, 5) is 24.2. The molecule has 0 aromatic heterocycles. The van der Waals surface area contributed by atoms with Crippen molar-refractivity contribution in [3.05, 3.63) is 46.5 Å². The van der Waals surface area contributed by atoms with E-state index in [-0.39, 0.29) is 16.7 Å². The van der Waals surface area contributed by atoms with Gasteiger partial charge in [-0.15, -0.1) is 11.6 Å². The smallest absolute Gasteiger partial charge is 0.221 e. The number of anilines is 1. The van der Waals surface area contributed by atoms with Crippen molar-refractivity contribution in [2.45, 2.75) is 32.6 Å². The maximum atomic E-state index is 12.7. The first kappa shape index (κ1) is 24.8. The van der Waals surface area contributed by atoms with Gasteiger partial charge in [0.1, 0.15) is 5.75 Å². The number of ether oxygens (including phenoxy) is 3. The third-order valence-electron chi connectivity index (χ3n) is 4.56. The van der Waals surface area contributed by atoms with Crippen LogP contribution in [-0.4, -0.2) is 38.4 Å². The summed E-state index contributed by atoms with van der Waals surface area (Å²) in [5, 5.41) is 2.94. The van der Waals surface area contributed by atoms with Gasteiger partial charge in [0.25, 0.3) is 0 Å². The van der Waals surface area contributed by atoms with Crippen LogP contribution in [0.2, 0.25) is 5.02 Å². The van der Waals surface area contributed by atoms with E-state index in [1.807, 2.05) is 18.2 Å². The van der Waals surface area contributed by atoms with E-state index in [1.165, 1.54) is 6.92 Å². The fraction of sp³-hybridized carbons (Fsp3) is 0.391. The fourth-order valence-electron chi connectivity index (χ4n) is 3.01. The number of methoxy groups -OCH3 is 2. The fourth-order valence-corrected chi connectivity index (χ4v) is 3.41. The van der Waals surface area contributed by atoms with Gasteiger partial charge in [-0.3, -0.25) is 9.59 Å². The molecule has 2 aromatic rings. The minimum atomic E-state index is -0.264. The molecule has 0 saturated carbocycles. The van der Waals surface area contributed by atoms with E-state index in [0.29, 0.717) is 60.2 Å². The minimum Gasteiger partial charge on any atom is -0.493 e. The Labute approximate surface area is 192 Å². The number of hydrogen-bond donors (Lipinski definition) is 1. The summed E-state index contributed by atoms with van der Waals surface area (Å²) in [5.74, 6) is 1.82. The molecule has 0 spiro atoms. The van der Waals surface area contributed by atoms with Crippen molar-refractivity contribution < 1.29 is 23.8 Å². The maximum absolute atomic E-state index is 12.7. The monoisotopic (exact) mass is 467 g/mol. The number of carbonyl (C=O) groups is 2. The van der Waals surface area contributed by atoms with Crippen molar-refractivity contribution in [2.24, 2.45) is 0 Å². The lowest BCUT2D eigenvalue weighted by molar-refractivity contribution is -0.114. The Kier molecular flexibility index (Phi) is 9.95. The number of halogens is 2. The van der Waals surface area contributed by atoms with Gasteiger partial charge >= 0.3 is 0 Å². The van der Waals surface area contributed by atoms with Crippen molar-refractivity contribution in [2.75, 3.05) is 32.0 Å². The topological polar surface area (TPSA) is 73.9 Å². The van der Waals surface area contributed by atoms with E-state index in [2.05, 4.69) is 5.32 Å². The lowest BCUT2D eigenvalue weighted by Gasteiger charge is -2.15. The molecule has 1 N–H and O–H groups in total. The molecule has 31 heavy (non-hydrogen) atoms. The molecule has 2 aromatic carbocycles. The minimum absolute atomic E-state index is 0.0810. The Hall–Kier alpha value is -2.44. The summed E-state index contributed by atoms with van der Waals surface area (Å²) in [6.07, 6.45) is 2.35. The highest BCUT2D eigenvalue weighted by Crippen LogP contribution is 2.33. The Morgan fingerprint density at radius 3 is 2.39 bits per heavy atom. The van der Waals surface area contributed by atoms with E-state index in [4.69, 9.17) is 37.4 Å². The van der Waals surface area contributed by atoms with Crippen LogP contribution in [0, 0.1) is 0 Å². The Bertz CT molecular complexity index is 917. The molecule has 6 nitrogen and oxygen atoms in total. The molecule has 1 amide bonds. The number of hydrogen-bond acceptors (Lipinski definition) is 5. The lowest BCUT2D eigenvalue weighted by Crippen LogP contribution is -2.11. The van der Waals surface area contributed by atoms with Crippen molar-refractivity contribution >= 4 is 40.6 Å². The summed E-state index contributed by atoms with van der Waals surface area (Å²) in [5.41, 5.74) is 1.78. The van der Waals surface area contributed by atoms with E-state index in [1.54, 1.807) is 26.4 Å². The quantitative estimate of drug-likeness (QED) is 0.252. The number of rotatable bonds is 12. The van der Waals surface area contributed by atoms with Gasteiger partial charge in [-0.05, 0) is 36.6 Å². The molecule has 0 heterocycles. The number of amides is 1. The average Bonchev–Trinajstić information content (AvgIpc) is 2.75. The van der Waals surface area contributed by atoms with Crippen LogP contribution in [0.25, 0.3) is 0 Å². The molecule has 0 aliphatic carbocycles. The highest BCUT2D eigenvalue weighted by Gasteiger charge is 2.17. The summed E-state index contributed by atoms with van der Waals surface area (Å²) < 4.78 is 16.5. The molecule has 2 rings (SSSR count). The highest BCUT2D eigenvalue weighted by atomic mass is 35.5. The van der Waals surface area contributed by atoms with Crippen LogP contribution in [-0.2, 0) is 11.2 Å². The molecular formula is C23H27Cl2NO5. The lowest BCUT2D eigenvalue weighted by atomic mass is 10.0. The summed E-state index contributed by atoms with van der Waals surface area (Å²) in [6, 6.07) is 8.77. The number of alkyl halides is 1. The van der Waals surface area contributed by atoms with Gasteiger partial charge in [0.05, 0.1) is 37.1 Å². The number of unbranched alkanes of at least 4 members (excludes halogenated alkanes) is 1. The van der Waals surface area contributed by atoms with E-state index in [9.17, 15) is 9.59 Å². The molecule has 0 aliphatic rings. The zero-order chi connectivity index (χ0) is 22.8. The average molecular weight is 468 g/mol. The molecule has 8 heteroatoms. The molecule has 0 fully saturated rings. The second-order valence-electron chi connectivity index (χ2n) is 6.87. The van der Waals surface area contributed by atoms with Gasteiger partial charge in [-0.25, -0.2) is 0 Å². The zero-order valence-electron chi connectivity index (χ0n) is 17.9. The van der Waals surface area contributed by atoms with Gasteiger partial charge in [-0.2, -0.15) is 0 Å². The summed E-state index contributed by atoms with van der Waals surface area (Å²) in [6.45, 7) is 1.71. The van der Waals surface area contributed by atoms with Gasteiger partial charge in [0.15, 0.2) is 17.3 Å². The van der Waals surface area contributed by atoms with Crippen molar-refractivity contribution in [1.29, 1.82) is 0 Å². The molecule has 0 atom stereocenters. The molecule has 0 saturated heterocycles. The van der Waals surface area contributed by atoms with Crippen molar-refractivity contribution in [3.63, 3.8) is 0 Å². The largest absolute Gasteiger partial charge is 0.493 e. The SMILES string of the molecule is COc1ccc(CCOc2cc(NC(C)=O)c(Cl)cc2C(=O)CCCCCl)cc1OC. The molecule has 0 radical (unpaired) electrons. The number of Topliss-reactive ketones (excluding diaryl/α,β-unsaturated/α-hetero) is 1. The van der Waals surface area contributed by atoms with Crippen LogP contribution in [0.15, 0.2) is 30.3 Å². The number of carbonyl (C=O) groups excluding carboxylic acids is 2. The molecular weight excluding hydrogens is 441 g/mol. The van der Waals surface area contributed by atoms with Crippen molar-refractivity contribution in [3.8, 4) is 17.2 Å². The number of benzene rings is 2. The van der Waals surface area contributed by atoms with Crippen LogP contribution in [0.3, 0.4) is 0 Å². The maximum Gasteiger partial charge on any atom is 0.221 e. The first-order valence-corrected chi connectivity index (χ1v) is 10.8. The third-order valence-corrected chi connectivity index (χ3v) is 5.14. The highest BCUT2D eigenvalue weighted by molar-refractivity contribution is 6.34. The van der Waals surface area contributed by atoms with Gasteiger partial charge < -0.3 is 19.5 Å². The number of nitrogens with one attached hydrogen (secondary N) is 1.